The van der Waals surface area contributed by atoms with Gasteiger partial charge in [-0.05, 0) is 154 Å². The lowest BCUT2D eigenvalue weighted by atomic mass is 10.0. The van der Waals surface area contributed by atoms with E-state index < -0.39 is 24.3 Å². The summed E-state index contributed by atoms with van der Waals surface area (Å²) in [6.07, 6.45) is 113. The van der Waals surface area contributed by atoms with Crippen molar-refractivity contribution in [2.75, 3.05) is 47.5 Å². The number of carbonyl (C=O) groups excluding carboxylic acids is 2. The third kappa shape index (κ3) is 74.9. The third-order valence-corrected chi connectivity index (χ3v) is 14.7. The van der Waals surface area contributed by atoms with Gasteiger partial charge in [-0.15, -0.1) is 0 Å². The molecule has 0 aromatic rings. The van der Waals surface area contributed by atoms with Crippen LogP contribution in [0.25, 0.3) is 0 Å². The van der Waals surface area contributed by atoms with E-state index in [0.29, 0.717) is 17.4 Å². The highest BCUT2D eigenvalue weighted by atomic mass is 16.7. The van der Waals surface area contributed by atoms with Crippen molar-refractivity contribution in [2.24, 2.45) is 0 Å². The summed E-state index contributed by atoms with van der Waals surface area (Å²) in [5.41, 5.74) is 0. The summed E-state index contributed by atoms with van der Waals surface area (Å²) in [4.78, 5) is 37.7. The number of hydrogen-bond acceptors (Lipinski definition) is 7. The van der Waals surface area contributed by atoms with Gasteiger partial charge in [-0.25, -0.2) is 4.79 Å². The first-order valence-corrected chi connectivity index (χ1v) is 36.9. The van der Waals surface area contributed by atoms with Gasteiger partial charge in [0.15, 0.2) is 6.10 Å². The summed E-state index contributed by atoms with van der Waals surface area (Å²) in [6, 6.07) is 0. The highest BCUT2D eigenvalue weighted by Gasteiger charge is 2.25. The van der Waals surface area contributed by atoms with Crippen LogP contribution in [0.5, 0.6) is 0 Å². The average Bonchev–Trinajstić information content (AvgIpc) is 3.75. The largest absolute Gasteiger partial charge is 0.477 e. The third-order valence-electron chi connectivity index (χ3n) is 14.7. The number of allylic oxidation sites excluding steroid dienone is 36. The molecule has 0 aromatic heterocycles. The number of unbranched alkanes of at least 4 members (excludes halogenated alkanes) is 14. The Morgan fingerprint density at radius 2 is 0.568 bits per heavy atom. The summed E-state index contributed by atoms with van der Waals surface area (Å²) < 4.78 is 22.9. The number of aliphatic carboxylic acids is 1. The molecule has 0 aliphatic rings. The molecule has 0 rings (SSSR count). The number of nitrogens with zero attached hydrogens (tertiary/aromatic N) is 1. The topological polar surface area (TPSA) is 108 Å². The van der Waals surface area contributed by atoms with Gasteiger partial charge < -0.3 is 28.5 Å². The Morgan fingerprint density at radius 1 is 0.316 bits per heavy atom. The zero-order valence-electron chi connectivity index (χ0n) is 60.5. The number of carboxylic acid groups (broad SMARTS) is 1. The van der Waals surface area contributed by atoms with Crippen LogP contribution < -0.4 is 0 Å². The molecule has 1 N–H and O–H groups in total. The Balaban J connectivity index is 4.25. The highest BCUT2D eigenvalue weighted by molar-refractivity contribution is 5.71. The molecule has 0 radical (unpaired) electrons. The van der Waals surface area contributed by atoms with Gasteiger partial charge in [-0.2, -0.15) is 0 Å². The first-order chi connectivity index (χ1) is 46.6. The number of hydrogen-bond donors (Lipinski definition) is 1. The van der Waals surface area contributed by atoms with Crippen LogP contribution in [0.3, 0.4) is 0 Å². The van der Waals surface area contributed by atoms with Gasteiger partial charge in [0, 0.05) is 12.8 Å². The molecule has 2 atom stereocenters. The number of quaternary nitrogens is 1. The Morgan fingerprint density at radius 3 is 0.863 bits per heavy atom. The molecule has 0 bridgehead atoms. The van der Waals surface area contributed by atoms with Gasteiger partial charge in [0.1, 0.15) is 13.2 Å². The normalized spacial score (nSPS) is 14.0. The maximum Gasteiger partial charge on any atom is 0.361 e. The monoisotopic (exact) mass is 1310 g/mol. The van der Waals surface area contributed by atoms with Crippen molar-refractivity contribution in [3.05, 3.63) is 219 Å². The first kappa shape index (κ1) is 88.6. The van der Waals surface area contributed by atoms with Crippen molar-refractivity contribution in [3.8, 4) is 0 Å². The smallest absolute Gasteiger partial charge is 0.361 e. The van der Waals surface area contributed by atoms with Crippen LogP contribution in [0.15, 0.2) is 219 Å². The van der Waals surface area contributed by atoms with E-state index in [1.54, 1.807) is 0 Å². The molecule has 0 aromatic carbocycles. The maximum atomic E-state index is 12.9. The predicted octanol–water partition coefficient (Wildman–Crippen LogP) is 23.7. The minimum absolute atomic E-state index is 0.167. The summed E-state index contributed by atoms with van der Waals surface area (Å²) >= 11 is 0. The van der Waals surface area contributed by atoms with E-state index in [1.807, 2.05) is 21.1 Å². The van der Waals surface area contributed by atoms with Crippen LogP contribution in [0.4, 0.5) is 0 Å². The lowest BCUT2D eigenvalue weighted by molar-refractivity contribution is -0.870. The van der Waals surface area contributed by atoms with Gasteiger partial charge in [0.25, 0.3) is 6.29 Å². The Kier molecular flexibility index (Phi) is 68.5. The van der Waals surface area contributed by atoms with Gasteiger partial charge in [0.05, 0.1) is 34.4 Å². The molecule has 9 heteroatoms. The molecular formula is C86H134NO8+. The Labute approximate surface area is 581 Å². The van der Waals surface area contributed by atoms with Crippen molar-refractivity contribution in [1.29, 1.82) is 0 Å². The van der Waals surface area contributed by atoms with Crippen molar-refractivity contribution < 1.29 is 42.9 Å². The quantitative estimate of drug-likeness (QED) is 0.0211. The van der Waals surface area contributed by atoms with Crippen LogP contribution in [0, 0.1) is 0 Å². The van der Waals surface area contributed by atoms with Gasteiger partial charge in [0.2, 0.25) is 0 Å². The molecule has 0 amide bonds. The minimum atomic E-state index is -1.54. The molecule has 2 unspecified atom stereocenters. The highest BCUT2D eigenvalue weighted by Crippen LogP contribution is 2.15. The molecule has 0 heterocycles. The Hall–Kier alpha value is -6.39. The molecule has 0 fully saturated rings. The molecule has 9 nitrogen and oxygen atoms in total. The van der Waals surface area contributed by atoms with Crippen molar-refractivity contribution in [2.45, 2.75) is 257 Å². The lowest BCUT2D eigenvalue weighted by Crippen LogP contribution is -2.40. The van der Waals surface area contributed by atoms with E-state index in [9.17, 15) is 19.5 Å². The first-order valence-electron chi connectivity index (χ1n) is 36.9. The zero-order chi connectivity index (χ0) is 69.0. The molecular weight excluding hydrogens is 1170 g/mol. The summed E-state index contributed by atoms with van der Waals surface area (Å²) in [7, 11) is 5.95. The molecule has 0 saturated carbocycles. The van der Waals surface area contributed by atoms with Crippen molar-refractivity contribution >= 4 is 17.9 Å². The second-order valence-electron chi connectivity index (χ2n) is 24.8. The number of likely N-dealkylation sites (N-methyl/N-ethyl adjacent to an activating group) is 1. The van der Waals surface area contributed by atoms with E-state index in [2.05, 4.69) is 233 Å². The molecule has 95 heavy (non-hydrogen) atoms. The van der Waals surface area contributed by atoms with Crippen molar-refractivity contribution in [1.82, 2.24) is 0 Å². The van der Waals surface area contributed by atoms with Gasteiger partial charge in [-0.1, -0.05) is 297 Å². The van der Waals surface area contributed by atoms with E-state index in [1.165, 1.54) is 51.4 Å². The van der Waals surface area contributed by atoms with Gasteiger partial charge >= 0.3 is 17.9 Å². The lowest BCUT2D eigenvalue weighted by Gasteiger charge is -2.25. The Bertz CT molecular complexity index is 2370. The summed E-state index contributed by atoms with van der Waals surface area (Å²) in [6.45, 7) is 4.57. The number of rotatable bonds is 65. The maximum absolute atomic E-state index is 12.9. The molecule has 0 spiro atoms. The van der Waals surface area contributed by atoms with Crippen LogP contribution >= 0.6 is 0 Å². The number of esters is 2. The number of carboxylic acids is 1. The van der Waals surface area contributed by atoms with E-state index in [-0.39, 0.29) is 38.6 Å². The predicted molar refractivity (Wildman–Crippen MR) is 409 cm³/mol. The summed E-state index contributed by atoms with van der Waals surface area (Å²) in [5.74, 6) is -2.09. The average molecular weight is 1310 g/mol. The number of carbonyl (C=O) groups is 3. The van der Waals surface area contributed by atoms with Gasteiger partial charge in [-0.3, -0.25) is 9.59 Å². The van der Waals surface area contributed by atoms with Crippen LogP contribution in [0.2, 0.25) is 0 Å². The molecule has 0 aliphatic heterocycles. The van der Waals surface area contributed by atoms with Crippen molar-refractivity contribution in [3.63, 3.8) is 0 Å². The summed E-state index contributed by atoms with van der Waals surface area (Å²) in [5, 5.41) is 9.76. The second kappa shape index (κ2) is 73.4. The fourth-order valence-corrected chi connectivity index (χ4v) is 9.17. The SMILES string of the molecule is CC/C=C\C/C=C\C/C=C\C/C=C\C/C=C\C/C=C\C/C=C\C/C=C\C/C=C\C/C=C\CCCCC(=O)OC(COC(=O)CCCCCCCCCCCCCC/C=C\C/C=C\C/C=C\C/C=C\C/C=C\C/C=C\C/C=C\C/C=C\CC)COC(OCC[N+](C)(C)C)C(=O)O. The van der Waals surface area contributed by atoms with E-state index in [4.69, 9.17) is 18.9 Å². The number of ether oxygens (including phenoxy) is 4. The van der Waals surface area contributed by atoms with E-state index >= 15 is 0 Å². The standard InChI is InChI=1S/C86H133NO8/c1-6-8-10-12-14-16-18-20-22-24-26-28-30-32-34-36-38-40-41-42-43-45-46-48-50-52-54-56-58-60-62-64-66-68-70-72-74-76-83(88)93-80-82(81-94-86(85(90)91)92-79-78-87(3,4)5)95-84(89)77-75-73-71-69-67-65-63-61-59-57-55-53-51-49-47-44-39-37-35-33-31-29-27-25-23-21-19-17-15-13-11-9-7-2/h8-11,14-17,20-23,26-29,32-35,38-40,42-44,46,48-49,51,55,57,61,63,67,69,82,86H,6-7,12-13,18-19,24-25,30-31,36-37,41,45,47,50,52-54,56,58-60,62,64-66,68,70-81H2,1-5H3/p+1/b10-8-,11-9-,16-14-,17-15-,22-20-,23-21-,28-26-,29-27-,34-32-,35-33-,40-38-,43-42-,44-39-,48-46-,51-49-,57-55-,63-61-,69-67-. The molecule has 0 aliphatic carbocycles. The van der Waals surface area contributed by atoms with Crippen LogP contribution in [-0.4, -0.2) is 87.4 Å². The second-order valence-corrected chi connectivity index (χ2v) is 24.8. The fraction of sp³-hybridized carbons (Fsp3) is 0.547. The van der Waals surface area contributed by atoms with Crippen LogP contribution in [0.1, 0.15) is 245 Å². The van der Waals surface area contributed by atoms with Crippen LogP contribution in [-0.2, 0) is 33.3 Å². The van der Waals surface area contributed by atoms with E-state index in [0.717, 1.165) is 161 Å². The zero-order valence-corrected chi connectivity index (χ0v) is 60.5. The molecule has 530 valence electrons. The molecule has 0 saturated heterocycles. The fourth-order valence-electron chi connectivity index (χ4n) is 9.17. The minimum Gasteiger partial charge on any atom is -0.477 e.